The van der Waals surface area contributed by atoms with Gasteiger partial charge >= 0.3 is 5.97 Å². The molecule has 1 fully saturated rings. The number of methoxy groups -OCH3 is 1. The number of likely N-dealkylation sites (N-methyl/N-ethyl adjacent to an activating group) is 1. The Kier molecular flexibility index (Phi) is 5.79. The molecule has 1 saturated carbocycles. The van der Waals surface area contributed by atoms with Crippen LogP contribution in [-0.2, 0) is 14.8 Å². The summed E-state index contributed by atoms with van der Waals surface area (Å²) in [7, 11) is -2.52. The van der Waals surface area contributed by atoms with E-state index in [-0.39, 0.29) is 29.3 Å². The maximum absolute atomic E-state index is 13.4. The number of aliphatic carboxylic acids is 1. The standard InChI is InChI=1S/C15H21FN2O5S/c1-3-18(9-15(19)20)11-6-10(7-11)17-24(21,22)12-4-5-13(16)14(8-12)23-2/h4-5,8,10-11,17H,3,6-7,9H2,1-2H3,(H,19,20). The van der Waals surface area contributed by atoms with Gasteiger partial charge in [0.05, 0.1) is 18.6 Å². The van der Waals surface area contributed by atoms with E-state index in [1.165, 1.54) is 13.2 Å². The van der Waals surface area contributed by atoms with E-state index in [1.807, 2.05) is 6.92 Å². The minimum atomic E-state index is -3.78. The molecule has 2 N–H and O–H groups in total. The summed E-state index contributed by atoms with van der Waals surface area (Å²) < 4.78 is 45.4. The zero-order valence-electron chi connectivity index (χ0n) is 13.5. The first-order chi connectivity index (χ1) is 11.3. The number of nitrogens with zero attached hydrogens (tertiary/aromatic N) is 1. The minimum absolute atomic E-state index is 0.0431. The van der Waals surface area contributed by atoms with E-state index >= 15 is 0 Å². The molecule has 134 valence electrons. The summed E-state index contributed by atoms with van der Waals surface area (Å²) in [5.41, 5.74) is 0. The van der Waals surface area contributed by atoms with Crippen LogP contribution in [0.15, 0.2) is 23.1 Å². The summed E-state index contributed by atoms with van der Waals surface area (Å²) in [5.74, 6) is -1.67. The second kappa shape index (κ2) is 7.45. The van der Waals surface area contributed by atoms with Crippen LogP contribution in [0.1, 0.15) is 19.8 Å². The highest BCUT2D eigenvalue weighted by Gasteiger charge is 2.36. The lowest BCUT2D eigenvalue weighted by atomic mass is 9.86. The van der Waals surface area contributed by atoms with Crippen molar-refractivity contribution in [3.05, 3.63) is 24.0 Å². The summed E-state index contributed by atoms with van der Waals surface area (Å²) in [4.78, 5) is 12.5. The number of nitrogens with one attached hydrogen (secondary N) is 1. The zero-order valence-corrected chi connectivity index (χ0v) is 14.3. The molecule has 9 heteroatoms. The molecule has 2 rings (SSSR count). The van der Waals surface area contributed by atoms with E-state index < -0.39 is 21.8 Å². The van der Waals surface area contributed by atoms with Crippen LogP contribution in [0.5, 0.6) is 5.75 Å². The lowest BCUT2D eigenvalue weighted by Gasteiger charge is -2.42. The van der Waals surface area contributed by atoms with E-state index in [0.717, 1.165) is 12.1 Å². The number of carbonyl (C=O) groups is 1. The Morgan fingerprint density at radius 3 is 2.67 bits per heavy atom. The monoisotopic (exact) mass is 360 g/mol. The predicted molar refractivity (Wildman–Crippen MR) is 85.0 cm³/mol. The van der Waals surface area contributed by atoms with Crippen molar-refractivity contribution in [2.75, 3.05) is 20.2 Å². The van der Waals surface area contributed by atoms with Gasteiger partial charge in [0, 0.05) is 18.2 Å². The smallest absolute Gasteiger partial charge is 0.317 e. The van der Waals surface area contributed by atoms with Crippen molar-refractivity contribution in [1.29, 1.82) is 0 Å². The van der Waals surface area contributed by atoms with Crippen LogP contribution in [0.2, 0.25) is 0 Å². The van der Waals surface area contributed by atoms with Crippen molar-refractivity contribution in [1.82, 2.24) is 9.62 Å². The molecule has 0 heterocycles. The molecule has 0 unspecified atom stereocenters. The van der Waals surface area contributed by atoms with E-state index in [9.17, 15) is 17.6 Å². The third-order valence-electron chi connectivity index (χ3n) is 4.13. The molecule has 1 aliphatic rings. The molecule has 0 aliphatic heterocycles. The van der Waals surface area contributed by atoms with Crippen LogP contribution in [0, 0.1) is 5.82 Å². The molecule has 0 spiro atoms. The van der Waals surface area contributed by atoms with Gasteiger partial charge in [-0.1, -0.05) is 6.92 Å². The van der Waals surface area contributed by atoms with Crippen molar-refractivity contribution < 1.29 is 27.4 Å². The fraction of sp³-hybridized carbons (Fsp3) is 0.533. The normalized spacial score (nSPS) is 20.7. The van der Waals surface area contributed by atoms with Crippen molar-refractivity contribution in [2.24, 2.45) is 0 Å². The Bertz CT molecular complexity index is 704. The van der Waals surface area contributed by atoms with Gasteiger partial charge in [-0.05, 0) is 31.5 Å². The fourth-order valence-electron chi connectivity index (χ4n) is 2.75. The number of benzene rings is 1. The number of hydrogen-bond donors (Lipinski definition) is 2. The maximum Gasteiger partial charge on any atom is 0.317 e. The van der Waals surface area contributed by atoms with Crippen LogP contribution in [0.3, 0.4) is 0 Å². The summed E-state index contributed by atoms with van der Waals surface area (Å²) in [6.07, 6.45) is 1.08. The molecule has 1 aromatic rings. The van der Waals surface area contributed by atoms with Crippen LogP contribution in [-0.4, -0.2) is 56.7 Å². The molecular weight excluding hydrogens is 339 g/mol. The van der Waals surface area contributed by atoms with E-state index in [0.29, 0.717) is 19.4 Å². The largest absolute Gasteiger partial charge is 0.494 e. The number of rotatable bonds is 8. The highest BCUT2D eigenvalue weighted by molar-refractivity contribution is 7.89. The van der Waals surface area contributed by atoms with Gasteiger partial charge in [-0.3, -0.25) is 9.69 Å². The van der Waals surface area contributed by atoms with Gasteiger partial charge in [0.1, 0.15) is 0 Å². The Hall–Kier alpha value is -1.71. The summed E-state index contributed by atoms with van der Waals surface area (Å²) in [6.45, 7) is 2.40. The number of hydrogen-bond acceptors (Lipinski definition) is 5. The number of carboxylic acids is 1. The molecule has 0 radical (unpaired) electrons. The average molecular weight is 360 g/mol. The first kappa shape index (κ1) is 18.6. The Morgan fingerprint density at radius 2 is 2.12 bits per heavy atom. The van der Waals surface area contributed by atoms with Crippen LogP contribution in [0.25, 0.3) is 0 Å². The Balaban J connectivity index is 1.98. The van der Waals surface area contributed by atoms with Gasteiger partial charge in [-0.15, -0.1) is 0 Å². The lowest BCUT2D eigenvalue weighted by Crippen LogP contribution is -2.54. The zero-order chi connectivity index (χ0) is 17.9. The topological polar surface area (TPSA) is 95.9 Å². The molecule has 7 nitrogen and oxygen atoms in total. The van der Waals surface area contributed by atoms with Crippen molar-refractivity contribution >= 4 is 16.0 Å². The first-order valence-corrected chi connectivity index (χ1v) is 9.06. The summed E-state index contributed by atoms with van der Waals surface area (Å²) in [5, 5.41) is 8.86. The number of halogens is 1. The number of sulfonamides is 1. The molecule has 1 aliphatic carbocycles. The second-order valence-electron chi connectivity index (χ2n) is 5.70. The number of ether oxygens (including phenoxy) is 1. The molecule has 0 bridgehead atoms. The molecule has 0 atom stereocenters. The van der Waals surface area contributed by atoms with E-state index in [2.05, 4.69) is 4.72 Å². The van der Waals surface area contributed by atoms with Gasteiger partial charge in [-0.25, -0.2) is 17.5 Å². The van der Waals surface area contributed by atoms with E-state index in [1.54, 1.807) is 4.90 Å². The molecule has 24 heavy (non-hydrogen) atoms. The molecule has 0 saturated heterocycles. The van der Waals surface area contributed by atoms with Gasteiger partial charge < -0.3 is 9.84 Å². The van der Waals surface area contributed by atoms with Crippen molar-refractivity contribution in [3.63, 3.8) is 0 Å². The SMILES string of the molecule is CCN(CC(=O)O)C1CC(NS(=O)(=O)c2ccc(F)c(OC)c2)C1. The third kappa shape index (κ3) is 4.22. The fourth-order valence-corrected chi connectivity index (χ4v) is 4.03. The third-order valence-corrected chi connectivity index (χ3v) is 5.65. The molecule has 0 amide bonds. The minimum Gasteiger partial charge on any atom is -0.494 e. The average Bonchev–Trinajstić information content (AvgIpc) is 2.48. The second-order valence-corrected chi connectivity index (χ2v) is 7.41. The van der Waals surface area contributed by atoms with Gasteiger partial charge in [-0.2, -0.15) is 0 Å². The predicted octanol–water partition coefficient (Wildman–Crippen LogP) is 1.05. The molecule has 1 aromatic carbocycles. The summed E-state index contributed by atoms with van der Waals surface area (Å²) in [6, 6.07) is 3.14. The van der Waals surface area contributed by atoms with Gasteiger partial charge in [0.15, 0.2) is 11.6 Å². The quantitative estimate of drug-likeness (QED) is 0.719. The first-order valence-electron chi connectivity index (χ1n) is 7.58. The van der Waals surface area contributed by atoms with Crippen LogP contribution in [0.4, 0.5) is 4.39 Å². The van der Waals surface area contributed by atoms with Crippen molar-refractivity contribution in [3.8, 4) is 5.75 Å². The Labute approximate surface area is 140 Å². The van der Waals surface area contributed by atoms with Crippen molar-refractivity contribution in [2.45, 2.75) is 36.7 Å². The molecule has 0 aromatic heterocycles. The summed E-state index contributed by atoms with van der Waals surface area (Å²) >= 11 is 0. The van der Waals surface area contributed by atoms with Gasteiger partial charge in [0.2, 0.25) is 10.0 Å². The maximum atomic E-state index is 13.4. The highest BCUT2D eigenvalue weighted by Crippen LogP contribution is 2.28. The van der Waals surface area contributed by atoms with Crippen LogP contribution >= 0.6 is 0 Å². The van der Waals surface area contributed by atoms with Gasteiger partial charge in [0.25, 0.3) is 0 Å². The van der Waals surface area contributed by atoms with E-state index in [4.69, 9.17) is 9.84 Å². The number of carboxylic acid groups (broad SMARTS) is 1. The Morgan fingerprint density at radius 1 is 1.46 bits per heavy atom. The molecular formula is C15H21FN2O5S. The van der Waals surface area contributed by atoms with Crippen LogP contribution < -0.4 is 9.46 Å². The lowest BCUT2D eigenvalue weighted by molar-refractivity contribution is -0.139. The highest BCUT2D eigenvalue weighted by atomic mass is 32.2.